The Kier molecular flexibility index (Phi) is 5.23. The predicted molar refractivity (Wildman–Crippen MR) is 80.8 cm³/mol. The van der Waals surface area contributed by atoms with Crippen LogP contribution in [0.3, 0.4) is 0 Å². The summed E-state index contributed by atoms with van der Waals surface area (Å²) in [4.78, 5) is 27.0. The first-order chi connectivity index (χ1) is 11.0. The van der Waals surface area contributed by atoms with Gasteiger partial charge >= 0.3 is 6.03 Å². The molecule has 1 aromatic heterocycles. The van der Waals surface area contributed by atoms with Gasteiger partial charge in [0.05, 0.1) is 5.69 Å². The molecule has 2 rings (SSSR count). The van der Waals surface area contributed by atoms with Crippen molar-refractivity contribution in [3.8, 4) is 5.69 Å². The van der Waals surface area contributed by atoms with E-state index < -0.39 is 5.91 Å². The van der Waals surface area contributed by atoms with E-state index in [2.05, 4.69) is 26.0 Å². The van der Waals surface area contributed by atoms with E-state index >= 15 is 0 Å². The Balaban J connectivity index is 1.98. The summed E-state index contributed by atoms with van der Waals surface area (Å²) in [6, 6.07) is 5.38. The van der Waals surface area contributed by atoms with Crippen LogP contribution < -0.4 is 16.0 Å². The lowest BCUT2D eigenvalue weighted by Crippen LogP contribution is -2.39. The molecular formula is C14H17FN6O2. The minimum atomic E-state index is -0.451. The number of carbonyl (C=O) groups is 2. The monoisotopic (exact) mass is 320 g/mol. The Labute approximate surface area is 132 Å². The number of halogens is 1. The Bertz CT molecular complexity index is 698. The van der Waals surface area contributed by atoms with Crippen LogP contribution in [0.15, 0.2) is 24.3 Å². The van der Waals surface area contributed by atoms with Crippen LogP contribution in [0.2, 0.25) is 0 Å². The lowest BCUT2D eigenvalue weighted by Gasteiger charge is -2.04. The van der Waals surface area contributed by atoms with Crippen LogP contribution in [0.4, 0.5) is 9.18 Å². The van der Waals surface area contributed by atoms with Crippen LogP contribution in [0, 0.1) is 12.7 Å². The molecule has 2 aromatic rings. The van der Waals surface area contributed by atoms with Crippen molar-refractivity contribution >= 4 is 11.9 Å². The van der Waals surface area contributed by atoms with Gasteiger partial charge in [-0.25, -0.2) is 18.9 Å². The fourth-order valence-electron chi connectivity index (χ4n) is 1.83. The maximum atomic E-state index is 12.9. The Morgan fingerprint density at radius 1 is 1.17 bits per heavy atom. The molecule has 8 nitrogen and oxygen atoms in total. The topological polar surface area (TPSA) is 101 Å². The molecule has 3 N–H and O–H groups in total. The molecule has 3 amide bonds. The van der Waals surface area contributed by atoms with E-state index in [0.717, 1.165) is 0 Å². The van der Waals surface area contributed by atoms with Gasteiger partial charge < -0.3 is 16.0 Å². The number of nitrogens with zero attached hydrogens (tertiary/aromatic N) is 3. The SMILES string of the molecule is CNC(=O)NCCNC(=O)c1nc(C)n(-c2ccc(F)cc2)n1. The molecule has 0 aliphatic rings. The van der Waals surface area contributed by atoms with Crippen molar-refractivity contribution in [1.82, 2.24) is 30.7 Å². The molecule has 0 saturated carbocycles. The van der Waals surface area contributed by atoms with Gasteiger partial charge in [-0.05, 0) is 31.2 Å². The van der Waals surface area contributed by atoms with E-state index in [-0.39, 0.29) is 30.8 Å². The minimum Gasteiger partial charge on any atom is -0.347 e. The van der Waals surface area contributed by atoms with Crippen molar-refractivity contribution in [2.45, 2.75) is 6.92 Å². The van der Waals surface area contributed by atoms with Crippen LogP contribution in [0.1, 0.15) is 16.4 Å². The second kappa shape index (κ2) is 7.34. The maximum Gasteiger partial charge on any atom is 0.314 e. The second-order valence-corrected chi connectivity index (χ2v) is 4.63. The van der Waals surface area contributed by atoms with Crippen LogP contribution in [-0.4, -0.2) is 46.8 Å². The van der Waals surface area contributed by atoms with E-state index in [1.165, 1.54) is 23.9 Å². The number of urea groups is 1. The molecule has 0 bridgehead atoms. The van der Waals surface area contributed by atoms with Crippen molar-refractivity contribution < 1.29 is 14.0 Å². The highest BCUT2D eigenvalue weighted by Crippen LogP contribution is 2.10. The fraction of sp³-hybridized carbons (Fsp3) is 0.286. The zero-order valence-corrected chi connectivity index (χ0v) is 12.8. The first-order valence-corrected chi connectivity index (χ1v) is 6.94. The van der Waals surface area contributed by atoms with Gasteiger partial charge in [0.2, 0.25) is 5.82 Å². The Morgan fingerprint density at radius 2 is 1.83 bits per heavy atom. The fourth-order valence-corrected chi connectivity index (χ4v) is 1.83. The Hall–Kier alpha value is -2.97. The summed E-state index contributed by atoms with van der Waals surface area (Å²) in [7, 11) is 1.50. The highest BCUT2D eigenvalue weighted by molar-refractivity contribution is 5.90. The van der Waals surface area contributed by atoms with Crippen molar-refractivity contribution in [1.29, 1.82) is 0 Å². The average molecular weight is 320 g/mol. The third-order valence-corrected chi connectivity index (χ3v) is 2.97. The molecule has 0 radical (unpaired) electrons. The van der Waals surface area contributed by atoms with Crippen LogP contribution in [-0.2, 0) is 0 Å². The van der Waals surface area contributed by atoms with Gasteiger partial charge in [-0.2, -0.15) is 0 Å². The maximum absolute atomic E-state index is 12.9. The first kappa shape index (κ1) is 16.4. The molecule has 0 saturated heterocycles. The van der Waals surface area contributed by atoms with Crippen molar-refractivity contribution in [3.05, 3.63) is 41.7 Å². The summed E-state index contributed by atoms with van der Waals surface area (Å²) in [6.45, 7) is 2.22. The van der Waals surface area contributed by atoms with E-state index in [1.54, 1.807) is 19.1 Å². The quantitative estimate of drug-likeness (QED) is 0.693. The summed E-state index contributed by atoms with van der Waals surface area (Å²) in [5.74, 6) is -0.294. The van der Waals surface area contributed by atoms with E-state index in [1.807, 2.05) is 0 Å². The van der Waals surface area contributed by atoms with Gasteiger partial charge in [0, 0.05) is 20.1 Å². The van der Waals surface area contributed by atoms with Gasteiger partial charge in [-0.1, -0.05) is 0 Å². The number of hydrogen-bond donors (Lipinski definition) is 3. The molecule has 1 aromatic carbocycles. The van der Waals surface area contributed by atoms with E-state index in [4.69, 9.17) is 0 Å². The third-order valence-electron chi connectivity index (χ3n) is 2.97. The number of hydrogen-bond acceptors (Lipinski definition) is 4. The normalized spacial score (nSPS) is 10.2. The molecule has 9 heteroatoms. The Morgan fingerprint density at radius 3 is 2.48 bits per heavy atom. The summed E-state index contributed by atoms with van der Waals surface area (Å²) < 4.78 is 14.4. The summed E-state index contributed by atoms with van der Waals surface area (Å²) >= 11 is 0. The number of amides is 3. The molecular weight excluding hydrogens is 303 g/mol. The molecule has 0 fully saturated rings. The second-order valence-electron chi connectivity index (χ2n) is 4.63. The van der Waals surface area contributed by atoms with Gasteiger partial charge in [0.1, 0.15) is 11.6 Å². The molecule has 0 spiro atoms. The zero-order valence-electron chi connectivity index (χ0n) is 12.8. The van der Waals surface area contributed by atoms with Gasteiger partial charge in [0.25, 0.3) is 5.91 Å². The predicted octanol–water partition coefficient (Wildman–Crippen LogP) is 0.374. The van der Waals surface area contributed by atoms with Crippen LogP contribution in [0.5, 0.6) is 0 Å². The summed E-state index contributed by atoms with van der Waals surface area (Å²) in [6.07, 6.45) is 0. The average Bonchev–Trinajstić information content (AvgIpc) is 2.93. The standard InChI is InChI=1S/C14H17FN6O2/c1-9-19-12(13(22)17-7-8-18-14(23)16-2)20-21(9)11-5-3-10(15)4-6-11/h3-6H,7-8H2,1-2H3,(H,17,22)(H2,16,18,23). The van der Waals surface area contributed by atoms with Gasteiger partial charge in [0.15, 0.2) is 0 Å². The summed E-state index contributed by atoms with van der Waals surface area (Å²) in [5, 5.41) is 11.7. The number of aromatic nitrogens is 3. The molecule has 0 unspecified atom stereocenters. The van der Waals surface area contributed by atoms with Gasteiger partial charge in [-0.15, -0.1) is 5.10 Å². The number of rotatable bonds is 5. The highest BCUT2D eigenvalue weighted by Gasteiger charge is 2.14. The minimum absolute atomic E-state index is 0.00627. The zero-order chi connectivity index (χ0) is 16.8. The lowest BCUT2D eigenvalue weighted by molar-refractivity contribution is 0.0943. The van der Waals surface area contributed by atoms with E-state index in [9.17, 15) is 14.0 Å². The molecule has 0 atom stereocenters. The van der Waals surface area contributed by atoms with Crippen LogP contribution >= 0.6 is 0 Å². The molecule has 23 heavy (non-hydrogen) atoms. The third kappa shape index (κ3) is 4.25. The first-order valence-electron chi connectivity index (χ1n) is 6.94. The number of benzene rings is 1. The van der Waals surface area contributed by atoms with Crippen LogP contribution in [0.25, 0.3) is 5.69 Å². The van der Waals surface area contributed by atoms with Crippen molar-refractivity contribution in [2.75, 3.05) is 20.1 Å². The largest absolute Gasteiger partial charge is 0.347 e. The molecule has 0 aliphatic heterocycles. The smallest absolute Gasteiger partial charge is 0.314 e. The van der Waals surface area contributed by atoms with Crippen molar-refractivity contribution in [2.24, 2.45) is 0 Å². The molecule has 122 valence electrons. The molecule has 0 aliphatic carbocycles. The number of aryl methyl sites for hydroxylation is 1. The molecule has 1 heterocycles. The van der Waals surface area contributed by atoms with Gasteiger partial charge in [-0.3, -0.25) is 4.79 Å². The lowest BCUT2D eigenvalue weighted by atomic mass is 10.3. The highest BCUT2D eigenvalue weighted by atomic mass is 19.1. The summed E-state index contributed by atoms with van der Waals surface area (Å²) in [5.41, 5.74) is 0.608. The van der Waals surface area contributed by atoms with E-state index in [0.29, 0.717) is 11.5 Å². The number of nitrogens with one attached hydrogen (secondary N) is 3. The number of carbonyl (C=O) groups excluding carboxylic acids is 2. The van der Waals surface area contributed by atoms with Crippen molar-refractivity contribution in [3.63, 3.8) is 0 Å².